The molecular formula is C4H4N12O. The van der Waals surface area contributed by atoms with Gasteiger partial charge < -0.3 is 10.6 Å². The molecule has 0 aliphatic heterocycles. The summed E-state index contributed by atoms with van der Waals surface area (Å²) in [6, 6.07) is 0. The fourth-order valence-electron chi connectivity index (χ4n) is 0.994. The van der Waals surface area contributed by atoms with Gasteiger partial charge >= 0.3 is 0 Å². The molecule has 17 heavy (non-hydrogen) atoms. The van der Waals surface area contributed by atoms with Crippen LogP contribution in [0, 0.1) is 0 Å². The Morgan fingerprint density at radius 3 is 1.76 bits per heavy atom. The average Bonchev–Trinajstić information content (AvgIpc) is 3.04. The van der Waals surface area contributed by atoms with Crippen LogP contribution in [0.3, 0.4) is 0 Å². The first-order valence-electron chi connectivity index (χ1n) is 4.25. The maximum Gasteiger partial charge on any atom is 0.268 e. The Kier molecular flexibility index (Phi) is 2.04. The number of anilines is 4. The maximum absolute atomic E-state index is 4.55. The minimum Gasteiger partial charge on any atom is -0.300 e. The van der Waals surface area contributed by atoms with Crippen molar-refractivity contribution in [2.45, 2.75) is 0 Å². The minimum atomic E-state index is 0.219. The number of rotatable bonds is 4. The van der Waals surface area contributed by atoms with Crippen LogP contribution in [-0.4, -0.2) is 51.6 Å². The van der Waals surface area contributed by atoms with E-state index < -0.39 is 0 Å². The zero-order valence-corrected chi connectivity index (χ0v) is 7.99. The van der Waals surface area contributed by atoms with Gasteiger partial charge in [0.2, 0.25) is 11.6 Å². The van der Waals surface area contributed by atoms with E-state index >= 15 is 0 Å². The molecule has 3 heterocycles. The second kappa shape index (κ2) is 3.80. The van der Waals surface area contributed by atoms with Crippen LogP contribution in [0.25, 0.3) is 0 Å². The fraction of sp³-hybridized carbons (Fsp3) is 0. The Bertz CT molecular complexity index is 515. The van der Waals surface area contributed by atoms with Crippen LogP contribution in [0.15, 0.2) is 4.63 Å². The third-order valence-electron chi connectivity index (χ3n) is 1.64. The molecule has 3 rings (SSSR count). The minimum absolute atomic E-state index is 0.219. The van der Waals surface area contributed by atoms with Gasteiger partial charge in [-0.1, -0.05) is 10.2 Å². The molecule has 0 aromatic carbocycles. The molecule has 0 saturated carbocycles. The normalized spacial score (nSPS) is 10.4. The average molecular weight is 236 g/mol. The van der Waals surface area contributed by atoms with Gasteiger partial charge in [-0.05, 0) is 20.7 Å². The molecule has 0 unspecified atom stereocenters. The number of hydrogen-bond acceptors (Lipinski definition) is 11. The van der Waals surface area contributed by atoms with E-state index in [4.69, 9.17) is 0 Å². The monoisotopic (exact) mass is 236 g/mol. The summed E-state index contributed by atoms with van der Waals surface area (Å²) >= 11 is 0. The maximum atomic E-state index is 4.55. The van der Waals surface area contributed by atoms with Gasteiger partial charge in [0.1, 0.15) is 0 Å². The highest BCUT2D eigenvalue weighted by atomic mass is 16.6. The SMILES string of the molecule is n1nc(Nc2nonc2Nc2nn[nH]n2)n[nH]1. The highest BCUT2D eigenvalue weighted by Crippen LogP contribution is 2.20. The molecule has 13 nitrogen and oxygen atoms in total. The predicted octanol–water partition coefficient (Wildman–Crippen LogP) is -1.42. The fourth-order valence-corrected chi connectivity index (χ4v) is 0.994. The number of aromatic nitrogens is 10. The van der Waals surface area contributed by atoms with Crippen molar-refractivity contribution in [1.82, 2.24) is 51.6 Å². The van der Waals surface area contributed by atoms with Crippen molar-refractivity contribution < 1.29 is 4.63 Å². The third-order valence-corrected chi connectivity index (χ3v) is 1.64. The van der Waals surface area contributed by atoms with E-state index in [-0.39, 0.29) is 23.5 Å². The Hall–Kier alpha value is -3.12. The van der Waals surface area contributed by atoms with Crippen LogP contribution in [0.5, 0.6) is 0 Å². The Morgan fingerprint density at radius 1 is 0.824 bits per heavy atom. The van der Waals surface area contributed by atoms with Crippen LogP contribution in [0.1, 0.15) is 0 Å². The van der Waals surface area contributed by atoms with E-state index in [1.54, 1.807) is 0 Å². The van der Waals surface area contributed by atoms with E-state index in [2.05, 4.69) is 66.8 Å². The van der Waals surface area contributed by atoms with Crippen LogP contribution < -0.4 is 10.6 Å². The molecule has 0 fully saturated rings. The third kappa shape index (κ3) is 1.83. The molecule has 0 bridgehead atoms. The molecule has 0 aliphatic rings. The van der Waals surface area contributed by atoms with Crippen molar-refractivity contribution in [3.63, 3.8) is 0 Å². The second-order valence-electron chi connectivity index (χ2n) is 2.68. The summed E-state index contributed by atoms with van der Waals surface area (Å²) in [6.45, 7) is 0. The number of nitrogens with zero attached hydrogens (tertiary/aromatic N) is 8. The van der Waals surface area contributed by atoms with Gasteiger partial charge in [-0.3, -0.25) is 0 Å². The van der Waals surface area contributed by atoms with E-state index in [9.17, 15) is 0 Å². The van der Waals surface area contributed by atoms with Gasteiger partial charge in [-0.2, -0.15) is 10.4 Å². The van der Waals surface area contributed by atoms with Crippen molar-refractivity contribution >= 4 is 23.5 Å². The van der Waals surface area contributed by atoms with Crippen LogP contribution in [-0.2, 0) is 0 Å². The first-order chi connectivity index (χ1) is 8.42. The molecular weight excluding hydrogens is 232 g/mol. The molecule has 86 valence electrons. The Balaban J connectivity index is 1.79. The quantitative estimate of drug-likeness (QED) is 0.418. The van der Waals surface area contributed by atoms with Crippen molar-refractivity contribution in [3.8, 4) is 0 Å². The van der Waals surface area contributed by atoms with Gasteiger partial charge in [0.05, 0.1) is 0 Å². The lowest BCUT2D eigenvalue weighted by atomic mass is 10.6. The van der Waals surface area contributed by atoms with E-state index in [0.717, 1.165) is 0 Å². The molecule has 3 aromatic heterocycles. The highest BCUT2D eigenvalue weighted by molar-refractivity contribution is 5.66. The topological polar surface area (TPSA) is 172 Å². The van der Waals surface area contributed by atoms with Gasteiger partial charge in [0.15, 0.2) is 0 Å². The van der Waals surface area contributed by atoms with E-state index in [1.165, 1.54) is 0 Å². The van der Waals surface area contributed by atoms with Gasteiger partial charge in [-0.15, -0.1) is 10.2 Å². The first kappa shape index (κ1) is 9.13. The standard InChI is InChI=1S/C4H4N12O/c5(3-7-13-14-8-3)1-2(12-17-11-1)6-4-9-15-16-10-4/h(H2,5,7,8,11,13,14)(H2,6,9,10,12,15,16). The number of H-pyrrole nitrogens is 2. The number of nitrogens with one attached hydrogen (secondary N) is 4. The van der Waals surface area contributed by atoms with Crippen LogP contribution in [0.2, 0.25) is 0 Å². The molecule has 13 heteroatoms. The second-order valence-corrected chi connectivity index (χ2v) is 2.68. The summed E-state index contributed by atoms with van der Waals surface area (Å²) in [6.07, 6.45) is 0. The van der Waals surface area contributed by atoms with Crippen molar-refractivity contribution in [3.05, 3.63) is 0 Å². The molecule has 0 radical (unpaired) electrons. The summed E-state index contributed by atoms with van der Waals surface area (Å²) < 4.78 is 4.55. The molecule has 3 aromatic rings. The largest absolute Gasteiger partial charge is 0.300 e. The van der Waals surface area contributed by atoms with E-state index in [1.807, 2.05) is 0 Å². The molecule has 0 saturated heterocycles. The van der Waals surface area contributed by atoms with Gasteiger partial charge in [-0.25, -0.2) is 4.63 Å². The van der Waals surface area contributed by atoms with Crippen molar-refractivity contribution in [1.29, 1.82) is 0 Å². The van der Waals surface area contributed by atoms with Crippen LogP contribution in [0.4, 0.5) is 23.5 Å². The summed E-state index contributed by atoms with van der Waals surface area (Å²) in [5.41, 5.74) is 0. The summed E-state index contributed by atoms with van der Waals surface area (Å²) in [5.74, 6) is 0.959. The Morgan fingerprint density at radius 2 is 1.35 bits per heavy atom. The smallest absolute Gasteiger partial charge is 0.268 e. The van der Waals surface area contributed by atoms with Gasteiger partial charge in [0, 0.05) is 0 Å². The van der Waals surface area contributed by atoms with Crippen LogP contribution >= 0.6 is 0 Å². The lowest BCUT2D eigenvalue weighted by molar-refractivity contribution is 0.310. The molecule has 0 atom stereocenters. The molecule has 0 amide bonds. The lowest BCUT2D eigenvalue weighted by Crippen LogP contribution is -1.99. The zero-order valence-electron chi connectivity index (χ0n) is 7.99. The molecule has 4 N–H and O–H groups in total. The first-order valence-corrected chi connectivity index (χ1v) is 4.25. The number of aromatic amines is 2. The van der Waals surface area contributed by atoms with Gasteiger partial charge in [0.25, 0.3) is 11.9 Å². The highest BCUT2D eigenvalue weighted by Gasteiger charge is 2.13. The number of hydrogen-bond donors (Lipinski definition) is 4. The van der Waals surface area contributed by atoms with Crippen molar-refractivity contribution in [2.75, 3.05) is 10.6 Å². The Labute approximate surface area is 91.3 Å². The zero-order chi connectivity index (χ0) is 11.5. The lowest BCUT2D eigenvalue weighted by Gasteiger charge is -1.97. The summed E-state index contributed by atoms with van der Waals surface area (Å²) in [7, 11) is 0. The summed E-state index contributed by atoms with van der Waals surface area (Å²) in [5, 5.41) is 38.7. The number of tetrazole rings is 2. The molecule has 0 aliphatic carbocycles. The van der Waals surface area contributed by atoms with Crippen molar-refractivity contribution in [2.24, 2.45) is 0 Å². The summed E-state index contributed by atoms with van der Waals surface area (Å²) in [4.78, 5) is 0. The predicted molar refractivity (Wildman–Crippen MR) is 49.2 cm³/mol. The molecule has 0 spiro atoms. The van der Waals surface area contributed by atoms with E-state index in [0.29, 0.717) is 0 Å².